The summed E-state index contributed by atoms with van der Waals surface area (Å²) in [4.78, 5) is 36.6. The van der Waals surface area contributed by atoms with E-state index in [0.29, 0.717) is 30.1 Å². The smallest absolute Gasteiger partial charge is 0.378 e. The second-order valence-corrected chi connectivity index (χ2v) is 10.4. The standard InChI is InChI=1S/C29H39ClN2O6/c1-20(13-15-23-17-18-24(33)28(36)38-23)10-7-8-12-25(34)32-26(29(3,4)5)27(35)31-19-9-11-22(37-6)16-14-21(2)30/h7-10,12-14,17-19,22,26,33H,11,15-16H2,1-6H3,(H,31,35)(H,32,34)/b10-7+,12-8+,19-9-,20-13+,21-14+/t22-,26-/m1/s1. The number of methoxy groups -OCH3 is 1. The second kappa shape index (κ2) is 16.5. The number of aromatic hydroxyl groups is 1. The summed E-state index contributed by atoms with van der Waals surface area (Å²) in [5, 5.41) is 15.4. The summed E-state index contributed by atoms with van der Waals surface area (Å²) in [6.45, 7) is 9.28. The van der Waals surface area contributed by atoms with Gasteiger partial charge in [0.05, 0.1) is 6.10 Å². The van der Waals surface area contributed by atoms with Crippen molar-refractivity contribution in [2.45, 2.75) is 66.0 Å². The molecule has 0 radical (unpaired) electrons. The van der Waals surface area contributed by atoms with Gasteiger partial charge in [0.1, 0.15) is 11.8 Å². The molecule has 0 aliphatic carbocycles. The number of hydrogen-bond acceptors (Lipinski definition) is 6. The van der Waals surface area contributed by atoms with Crippen LogP contribution in [0.1, 0.15) is 53.2 Å². The van der Waals surface area contributed by atoms with Gasteiger partial charge in [-0.25, -0.2) is 4.79 Å². The van der Waals surface area contributed by atoms with Crippen molar-refractivity contribution < 1.29 is 23.8 Å². The Morgan fingerprint density at radius 2 is 1.82 bits per heavy atom. The summed E-state index contributed by atoms with van der Waals surface area (Å²) in [5.74, 6) is -0.726. The molecule has 0 aromatic carbocycles. The molecule has 3 N–H and O–H groups in total. The molecule has 1 rings (SSSR count). The Labute approximate surface area is 229 Å². The molecular formula is C29H39ClN2O6. The van der Waals surface area contributed by atoms with Gasteiger partial charge >= 0.3 is 5.63 Å². The van der Waals surface area contributed by atoms with Crippen LogP contribution in [0.25, 0.3) is 0 Å². The third kappa shape index (κ3) is 13.3. The largest absolute Gasteiger partial charge is 0.502 e. The first-order valence-electron chi connectivity index (χ1n) is 12.3. The molecular weight excluding hydrogens is 508 g/mol. The number of halogens is 1. The normalized spacial score (nSPS) is 14.8. The van der Waals surface area contributed by atoms with Crippen LogP contribution in [-0.2, 0) is 20.7 Å². The highest BCUT2D eigenvalue weighted by Crippen LogP contribution is 2.19. The maximum atomic E-state index is 12.8. The van der Waals surface area contributed by atoms with E-state index in [1.54, 1.807) is 44.5 Å². The fraction of sp³-hybridized carbons (Fsp3) is 0.414. The SMILES string of the molecule is CO[C@H](C/C=C\NC(=O)[C@@H](NC(=O)/C=C/C=C/C(C)=C/Cc1ccc(O)c(=O)o1)C(C)(C)C)C/C=C(\C)Cl. The quantitative estimate of drug-likeness (QED) is 0.235. The average Bonchev–Trinajstić information content (AvgIpc) is 2.84. The lowest BCUT2D eigenvalue weighted by Crippen LogP contribution is -2.52. The molecule has 1 aromatic rings. The number of carbonyl (C=O) groups excluding carboxylic acids is 2. The van der Waals surface area contributed by atoms with Crippen molar-refractivity contribution in [3.63, 3.8) is 0 Å². The summed E-state index contributed by atoms with van der Waals surface area (Å²) in [7, 11) is 1.62. The first-order chi connectivity index (χ1) is 17.8. The Hall–Kier alpha value is -3.36. The minimum atomic E-state index is -0.776. The van der Waals surface area contributed by atoms with Crippen molar-refractivity contribution in [1.82, 2.24) is 10.6 Å². The fourth-order valence-corrected chi connectivity index (χ4v) is 3.22. The van der Waals surface area contributed by atoms with E-state index in [1.807, 2.05) is 39.8 Å². The van der Waals surface area contributed by atoms with E-state index >= 15 is 0 Å². The minimum Gasteiger partial charge on any atom is -0.502 e. The van der Waals surface area contributed by atoms with Gasteiger partial charge in [0, 0.05) is 24.6 Å². The predicted octanol–water partition coefficient (Wildman–Crippen LogP) is 5.05. The summed E-state index contributed by atoms with van der Waals surface area (Å²) < 4.78 is 10.4. The molecule has 2 atom stereocenters. The molecule has 0 fully saturated rings. The molecule has 0 saturated carbocycles. The molecule has 0 saturated heterocycles. The number of ether oxygens (including phenoxy) is 1. The highest BCUT2D eigenvalue weighted by atomic mass is 35.5. The highest BCUT2D eigenvalue weighted by molar-refractivity contribution is 6.29. The molecule has 0 bridgehead atoms. The first-order valence-corrected chi connectivity index (χ1v) is 12.7. The minimum absolute atomic E-state index is 0.0554. The van der Waals surface area contributed by atoms with Gasteiger partial charge in [-0.3, -0.25) is 9.59 Å². The molecule has 208 valence electrons. The van der Waals surface area contributed by atoms with Gasteiger partial charge in [-0.15, -0.1) is 0 Å². The van der Waals surface area contributed by atoms with Crippen molar-refractivity contribution >= 4 is 23.4 Å². The van der Waals surface area contributed by atoms with Crippen LogP contribution >= 0.6 is 11.6 Å². The van der Waals surface area contributed by atoms with Gasteiger partial charge < -0.3 is 24.9 Å². The van der Waals surface area contributed by atoms with Crippen LogP contribution in [0.15, 0.2) is 80.7 Å². The number of carbonyl (C=O) groups is 2. The predicted molar refractivity (Wildman–Crippen MR) is 151 cm³/mol. The Bertz CT molecular complexity index is 1130. The van der Waals surface area contributed by atoms with Crippen LogP contribution in [0.5, 0.6) is 5.75 Å². The third-order valence-electron chi connectivity index (χ3n) is 5.36. The second-order valence-electron chi connectivity index (χ2n) is 9.78. The zero-order valence-electron chi connectivity index (χ0n) is 22.9. The number of rotatable bonds is 13. The van der Waals surface area contributed by atoms with Crippen LogP contribution in [0, 0.1) is 5.41 Å². The Morgan fingerprint density at radius 3 is 2.42 bits per heavy atom. The van der Waals surface area contributed by atoms with Gasteiger partial charge in [0.15, 0.2) is 0 Å². The summed E-state index contributed by atoms with van der Waals surface area (Å²) in [6, 6.07) is 2.07. The van der Waals surface area contributed by atoms with Gasteiger partial charge in [-0.2, -0.15) is 0 Å². The zero-order valence-corrected chi connectivity index (χ0v) is 23.7. The third-order valence-corrected chi connectivity index (χ3v) is 5.51. The topological polar surface area (TPSA) is 118 Å². The Balaban J connectivity index is 2.65. The van der Waals surface area contributed by atoms with Gasteiger partial charge in [-0.05, 0) is 50.4 Å². The lowest BCUT2D eigenvalue weighted by atomic mass is 9.86. The zero-order chi connectivity index (χ0) is 28.7. The Morgan fingerprint density at radius 1 is 1.13 bits per heavy atom. The molecule has 0 unspecified atom stereocenters. The maximum absolute atomic E-state index is 12.8. The van der Waals surface area contributed by atoms with Crippen molar-refractivity contribution in [3.8, 4) is 5.75 Å². The van der Waals surface area contributed by atoms with Crippen LogP contribution in [0.4, 0.5) is 0 Å². The first kappa shape index (κ1) is 32.7. The fourth-order valence-electron chi connectivity index (χ4n) is 3.13. The number of allylic oxidation sites excluding steroid dienone is 6. The molecule has 1 aromatic heterocycles. The summed E-state index contributed by atoms with van der Waals surface area (Å²) >= 11 is 5.86. The van der Waals surface area contributed by atoms with Gasteiger partial charge in [0.2, 0.25) is 17.6 Å². The van der Waals surface area contributed by atoms with Gasteiger partial charge in [0.25, 0.3) is 0 Å². The summed E-state index contributed by atoms with van der Waals surface area (Å²) in [5.41, 5.74) is -0.409. The van der Waals surface area contributed by atoms with E-state index in [4.69, 9.17) is 20.8 Å². The molecule has 8 nitrogen and oxygen atoms in total. The number of amides is 2. The highest BCUT2D eigenvalue weighted by Gasteiger charge is 2.31. The van der Waals surface area contributed by atoms with Crippen LogP contribution in [0.2, 0.25) is 0 Å². The van der Waals surface area contributed by atoms with E-state index in [-0.39, 0.29) is 12.0 Å². The molecule has 38 heavy (non-hydrogen) atoms. The van der Waals surface area contributed by atoms with E-state index in [1.165, 1.54) is 18.2 Å². The molecule has 0 aliphatic rings. The van der Waals surface area contributed by atoms with E-state index < -0.39 is 28.7 Å². The average molecular weight is 547 g/mol. The number of hydrogen-bond donors (Lipinski definition) is 3. The molecule has 0 aliphatic heterocycles. The van der Waals surface area contributed by atoms with Crippen molar-refractivity contribution in [2.75, 3.05) is 7.11 Å². The van der Waals surface area contributed by atoms with E-state index in [2.05, 4.69) is 10.6 Å². The van der Waals surface area contributed by atoms with Crippen LogP contribution < -0.4 is 16.3 Å². The lowest BCUT2D eigenvalue weighted by molar-refractivity contribution is -0.129. The molecule has 2 amide bonds. The Kier molecular flexibility index (Phi) is 14.2. The van der Waals surface area contributed by atoms with Gasteiger partial charge in [-0.1, -0.05) is 74.4 Å². The van der Waals surface area contributed by atoms with E-state index in [0.717, 1.165) is 5.57 Å². The monoisotopic (exact) mass is 546 g/mol. The molecule has 1 heterocycles. The summed E-state index contributed by atoms with van der Waals surface area (Å²) in [6.07, 6.45) is 15.1. The van der Waals surface area contributed by atoms with Crippen LogP contribution in [0.3, 0.4) is 0 Å². The lowest BCUT2D eigenvalue weighted by Gasteiger charge is -2.29. The van der Waals surface area contributed by atoms with Crippen molar-refractivity contribution in [3.05, 3.63) is 87.7 Å². The van der Waals surface area contributed by atoms with Crippen molar-refractivity contribution in [2.24, 2.45) is 5.41 Å². The molecule has 0 spiro atoms. The molecule has 9 heteroatoms. The maximum Gasteiger partial charge on any atom is 0.378 e. The van der Waals surface area contributed by atoms with Crippen LogP contribution in [-0.4, -0.2) is 36.2 Å². The number of nitrogens with one attached hydrogen (secondary N) is 2. The van der Waals surface area contributed by atoms with Crippen molar-refractivity contribution in [1.29, 1.82) is 0 Å². The van der Waals surface area contributed by atoms with E-state index in [9.17, 15) is 19.5 Å².